The molecule has 0 radical (unpaired) electrons. The molecule has 0 bridgehead atoms. The van der Waals surface area contributed by atoms with E-state index in [1.165, 1.54) is 4.57 Å². The number of nitrogens with one attached hydrogen (secondary N) is 1. The summed E-state index contributed by atoms with van der Waals surface area (Å²) in [5, 5.41) is 2.98. The van der Waals surface area contributed by atoms with Gasteiger partial charge in [0.25, 0.3) is 17.4 Å². The summed E-state index contributed by atoms with van der Waals surface area (Å²) in [5.74, 6) is 0.723. The molecule has 1 aromatic heterocycles. The molecular formula is C22H27N3O4. The van der Waals surface area contributed by atoms with Crippen molar-refractivity contribution < 1.29 is 14.3 Å². The second-order valence-corrected chi connectivity index (χ2v) is 7.24. The van der Waals surface area contributed by atoms with Gasteiger partial charge in [-0.05, 0) is 62.1 Å². The van der Waals surface area contributed by atoms with Gasteiger partial charge in [0, 0.05) is 38.4 Å². The number of aryl methyl sites for hydroxylation is 1. The highest BCUT2D eigenvalue weighted by molar-refractivity contribution is 5.94. The first kappa shape index (κ1) is 20.6. The number of carbonyl (C=O) groups is 2. The molecule has 2 amide bonds. The van der Waals surface area contributed by atoms with E-state index in [0.717, 1.165) is 18.6 Å². The van der Waals surface area contributed by atoms with Crippen molar-refractivity contribution in [3.05, 3.63) is 64.1 Å². The topological polar surface area (TPSA) is 80.6 Å². The number of amides is 2. The van der Waals surface area contributed by atoms with Gasteiger partial charge in [0.1, 0.15) is 11.3 Å². The van der Waals surface area contributed by atoms with E-state index in [4.69, 9.17) is 4.74 Å². The Morgan fingerprint density at radius 1 is 1.14 bits per heavy atom. The zero-order valence-electron chi connectivity index (χ0n) is 16.9. The Kier molecular flexibility index (Phi) is 6.69. The van der Waals surface area contributed by atoms with Crippen LogP contribution >= 0.6 is 0 Å². The summed E-state index contributed by atoms with van der Waals surface area (Å²) in [5.41, 5.74) is 0.528. The lowest BCUT2D eigenvalue weighted by Gasteiger charge is -2.32. The van der Waals surface area contributed by atoms with Crippen LogP contribution in [0.5, 0.6) is 5.75 Å². The summed E-state index contributed by atoms with van der Waals surface area (Å²) in [4.78, 5) is 38.8. The Balaban J connectivity index is 1.48. The summed E-state index contributed by atoms with van der Waals surface area (Å²) in [6.07, 6.45) is 3.23. The maximum atomic E-state index is 12.6. The second-order valence-electron chi connectivity index (χ2n) is 7.24. The van der Waals surface area contributed by atoms with E-state index < -0.39 is 0 Å². The zero-order chi connectivity index (χ0) is 20.8. The SMILES string of the molecule is CCOc1ccc(C(=O)NCC2CCN(C(=O)c3cccn(C)c3=O)CC2)cc1. The van der Waals surface area contributed by atoms with E-state index >= 15 is 0 Å². The molecule has 2 heterocycles. The van der Waals surface area contributed by atoms with E-state index in [2.05, 4.69) is 5.32 Å². The highest BCUT2D eigenvalue weighted by Crippen LogP contribution is 2.18. The van der Waals surface area contributed by atoms with Crippen molar-refractivity contribution >= 4 is 11.8 Å². The average Bonchev–Trinajstić information content (AvgIpc) is 2.74. The predicted molar refractivity (Wildman–Crippen MR) is 110 cm³/mol. The fraction of sp³-hybridized carbons (Fsp3) is 0.409. The van der Waals surface area contributed by atoms with Crippen LogP contribution in [0.4, 0.5) is 0 Å². The minimum absolute atomic E-state index is 0.112. The van der Waals surface area contributed by atoms with E-state index in [1.54, 1.807) is 54.5 Å². The van der Waals surface area contributed by atoms with Crippen LogP contribution in [0.3, 0.4) is 0 Å². The third-order valence-corrected chi connectivity index (χ3v) is 5.23. The number of aromatic nitrogens is 1. The maximum absolute atomic E-state index is 12.6. The van der Waals surface area contributed by atoms with Crippen LogP contribution in [-0.4, -0.2) is 47.5 Å². The molecular weight excluding hydrogens is 370 g/mol. The maximum Gasteiger partial charge on any atom is 0.263 e. The van der Waals surface area contributed by atoms with Crippen LogP contribution in [0.15, 0.2) is 47.4 Å². The number of hydrogen-bond acceptors (Lipinski definition) is 4. The highest BCUT2D eigenvalue weighted by Gasteiger charge is 2.25. The Hall–Kier alpha value is -3.09. The lowest BCUT2D eigenvalue weighted by atomic mass is 9.96. The van der Waals surface area contributed by atoms with Crippen molar-refractivity contribution in [2.75, 3.05) is 26.2 Å². The van der Waals surface area contributed by atoms with E-state index in [1.807, 2.05) is 6.92 Å². The normalized spacial score (nSPS) is 14.5. The number of pyridine rings is 1. The standard InChI is InChI=1S/C22H27N3O4/c1-3-29-18-8-6-17(7-9-18)20(26)23-15-16-10-13-25(14-11-16)22(28)19-5-4-12-24(2)21(19)27/h4-9,12,16H,3,10-11,13-15H2,1-2H3,(H,23,26). The van der Waals surface area contributed by atoms with Gasteiger partial charge in [0.05, 0.1) is 6.61 Å². The summed E-state index contributed by atoms with van der Waals surface area (Å²) in [7, 11) is 1.64. The monoisotopic (exact) mass is 397 g/mol. The molecule has 7 heteroatoms. The Bertz CT molecular complexity index is 912. The Morgan fingerprint density at radius 2 is 1.83 bits per heavy atom. The molecule has 0 spiro atoms. The minimum atomic E-state index is -0.276. The van der Waals surface area contributed by atoms with Gasteiger partial charge < -0.3 is 19.5 Å². The van der Waals surface area contributed by atoms with Gasteiger partial charge in [0.2, 0.25) is 0 Å². The number of rotatable bonds is 6. The Morgan fingerprint density at radius 3 is 2.48 bits per heavy atom. The quantitative estimate of drug-likeness (QED) is 0.809. The molecule has 1 fully saturated rings. The number of nitrogens with zero attached hydrogens (tertiary/aromatic N) is 2. The molecule has 0 aliphatic carbocycles. The van der Waals surface area contributed by atoms with E-state index in [0.29, 0.717) is 37.7 Å². The fourth-order valence-corrected chi connectivity index (χ4v) is 3.48. The zero-order valence-corrected chi connectivity index (χ0v) is 16.9. The van der Waals surface area contributed by atoms with Crippen molar-refractivity contribution in [2.24, 2.45) is 13.0 Å². The second kappa shape index (κ2) is 9.41. The van der Waals surface area contributed by atoms with Gasteiger partial charge in [-0.3, -0.25) is 14.4 Å². The molecule has 1 N–H and O–H groups in total. The van der Waals surface area contributed by atoms with E-state index in [-0.39, 0.29) is 22.9 Å². The summed E-state index contributed by atoms with van der Waals surface area (Å²) >= 11 is 0. The lowest BCUT2D eigenvalue weighted by Crippen LogP contribution is -2.43. The fourth-order valence-electron chi connectivity index (χ4n) is 3.48. The molecule has 1 aliphatic heterocycles. The molecule has 3 rings (SSSR count). The number of hydrogen-bond donors (Lipinski definition) is 1. The van der Waals surface area contributed by atoms with Gasteiger partial charge in [-0.25, -0.2) is 0 Å². The van der Waals surface area contributed by atoms with Crippen LogP contribution in [0.2, 0.25) is 0 Å². The predicted octanol–water partition coefficient (Wildman–Crippen LogP) is 2.07. The van der Waals surface area contributed by atoms with Gasteiger partial charge in [-0.2, -0.15) is 0 Å². The number of piperidine rings is 1. The largest absolute Gasteiger partial charge is 0.494 e. The van der Waals surface area contributed by atoms with Gasteiger partial charge in [-0.15, -0.1) is 0 Å². The van der Waals surface area contributed by atoms with Gasteiger partial charge >= 0.3 is 0 Å². The first-order chi connectivity index (χ1) is 14.0. The highest BCUT2D eigenvalue weighted by atomic mass is 16.5. The van der Waals surface area contributed by atoms with E-state index in [9.17, 15) is 14.4 Å². The molecule has 154 valence electrons. The number of likely N-dealkylation sites (tertiary alicyclic amines) is 1. The first-order valence-corrected chi connectivity index (χ1v) is 9.95. The number of ether oxygens (including phenoxy) is 1. The average molecular weight is 397 g/mol. The van der Waals surface area contributed by atoms with Crippen LogP contribution < -0.4 is 15.6 Å². The van der Waals surface area contributed by atoms with Crippen LogP contribution in [-0.2, 0) is 7.05 Å². The first-order valence-electron chi connectivity index (χ1n) is 9.95. The minimum Gasteiger partial charge on any atom is -0.494 e. The number of benzene rings is 1. The third-order valence-electron chi connectivity index (χ3n) is 5.23. The molecule has 7 nitrogen and oxygen atoms in total. The van der Waals surface area contributed by atoms with Crippen molar-refractivity contribution in [2.45, 2.75) is 19.8 Å². The molecule has 1 aromatic carbocycles. The third kappa shape index (κ3) is 5.04. The van der Waals surface area contributed by atoms with Gasteiger partial charge in [0.15, 0.2) is 0 Å². The molecule has 0 atom stereocenters. The van der Waals surface area contributed by atoms with Crippen LogP contribution in [0, 0.1) is 5.92 Å². The van der Waals surface area contributed by atoms with Crippen molar-refractivity contribution in [1.29, 1.82) is 0 Å². The molecule has 0 unspecified atom stereocenters. The van der Waals surface area contributed by atoms with Crippen LogP contribution in [0.25, 0.3) is 0 Å². The van der Waals surface area contributed by atoms with Crippen molar-refractivity contribution in [3.8, 4) is 5.75 Å². The van der Waals surface area contributed by atoms with Gasteiger partial charge in [-0.1, -0.05) is 0 Å². The molecule has 1 saturated heterocycles. The molecule has 2 aromatic rings. The lowest BCUT2D eigenvalue weighted by molar-refractivity contribution is 0.0682. The Labute approximate surface area is 170 Å². The molecule has 29 heavy (non-hydrogen) atoms. The molecule has 1 aliphatic rings. The molecule has 0 saturated carbocycles. The smallest absolute Gasteiger partial charge is 0.263 e. The van der Waals surface area contributed by atoms with Crippen molar-refractivity contribution in [1.82, 2.24) is 14.8 Å². The van der Waals surface area contributed by atoms with Crippen molar-refractivity contribution in [3.63, 3.8) is 0 Å². The van der Waals surface area contributed by atoms with Crippen LogP contribution in [0.1, 0.15) is 40.5 Å². The summed E-state index contributed by atoms with van der Waals surface area (Å²) in [6, 6.07) is 10.4. The summed E-state index contributed by atoms with van der Waals surface area (Å²) < 4.78 is 6.80. The number of carbonyl (C=O) groups excluding carboxylic acids is 2. The summed E-state index contributed by atoms with van der Waals surface area (Å²) in [6.45, 7) is 4.24.